The van der Waals surface area contributed by atoms with Crippen molar-refractivity contribution in [3.63, 3.8) is 0 Å². The van der Waals surface area contributed by atoms with Gasteiger partial charge in [-0.1, -0.05) is 0 Å². The fourth-order valence-electron chi connectivity index (χ4n) is 1.60. The highest BCUT2D eigenvalue weighted by Gasteiger charge is 2.03. The lowest BCUT2D eigenvalue weighted by atomic mass is 10.4. The molecular weight excluding hydrogens is 387 g/mol. The van der Waals surface area contributed by atoms with Crippen LogP contribution < -0.4 is 10.6 Å². The van der Waals surface area contributed by atoms with E-state index < -0.39 is 0 Å². The van der Waals surface area contributed by atoms with Crippen molar-refractivity contribution in [1.29, 1.82) is 0 Å². The summed E-state index contributed by atoms with van der Waals surface area (Å²) in [6.45, 7) is 3.48. The van der Waals surface area contributed by atoms with Crippen LogP contribution in [-0.2, 0) is 20.1 Å². The molecule has 2 aromatic rings. The molecule has 0 unspecified atom stereocenters. The lowest BCUT2D eigenvalue weighted by Crippen LogP contribution is -2.36. The Morgan fingerprint density at radius 1 is 1.35 bits per heavy atom. The van der Waals surface area contributed by atoms with Gasteiger partial charge in [-0.05, 0) is 19.1 Å². The largest absolute Gasteiger partial charge is 0.352 e. The Hall–Kier alpha value is -1.16. The molecular formula is C12H19IN6S. The van der Waals surface area contributed by atoms with Crippen LogP contribution in [-0.4, -0.2) is 27.8 Å². The van der Waals surface area contributed by atoms with Gasteiger partial charge in [0.1, 0.15) is 6.33 Å². The van der Waals surface area contributed by atoms with Crippen molar-refractivity contribution in [1.82, 2.24) is 25.4 Å². The van der Waals surface area contributed by atoms with Crippen LogP contribution in [0.15, 0.2) is 23.5 Å². The molecule has 6 nitrogen and oxygen atoms in total. The smallest absolute Gasteiger partial charge is 0.191 e. The predicted molar refractivity (Wildman–Crippen MR) is 92.5 cm³/mol. The van der Waals surface area contributed by atoms with Gasteiger partial charge in [0.15, 0.2) is 11.8 Å². The molecule has 2 rings (SSSR count). The molecule has 110 valence electrons. The van der Waals surface area contributed by atoms with Crippen molar-refractivity contribution in [3.8, 4) is 0 Å². The summed E-state index contributed by atoms with van der Waals surface area (Å²) in [5, 5.41) is 14.3. The second kappa shape index (κ2) is 8.20. The lowest BCUT2D eigenvalue weighted by molar-refractivity contribution is 0.727. The molecule has 0 fully saturated rings. The fourth-order valence-corrected chi connectivity index (χ4v) is 2.43. The Morgan fingerprint density at radius 2 is 2.10 bits per heavy atom. The van der Waals surface area contributed by atoms with E-state index in [1.165, 1.54) is 9.75 Å². The minimum absolute atomic E-state index is 0. The van der Waals surface area contributed by atoms with E-state index in [0.717, 1.165) is 18.3 Å². The van der Waals surface area contributed by atoms with Gasteiger partial charge in [0.25, 0.3) is 0 Å². The number of aryl methyl sites for hydroxylation is 2. The number of nitrogens with one attached hydrogen (secondary N) is 2. The lowest BCUT2D eigenvalue weighted by Gasteiger charge is -2.10. The van der Waals surface area contributed by atoms with E-state index >= 15 is 0 Å². The van der Waals surface area contributed by atoms with Gasteiger partial charge in [-0.2, -0.15) is 0 Å². The average molecular weight is 406 g/mol. The van der Waals surface area contributed by atoms with Crippen molar-refractivity contribution < 1.29 is 0 Å². The van der Waals surface area contributed by atoms with Crippen molar-refractivity contribution in [2.24, 2.45) is 12.0 Å². The summed E-state index contributed by atoms with van der Waals surface area (Å²) in [5.41, 5.74) is 0. The minimum Gasteiger partial charge on any atom is -0.352 e. The maximum Gasteiger partial charge on any atom is 0.191 e. The minimum atomic E-state index is 0. The van der Waals surface area contributed by atoms with Gasteiger partial charge < -0.3 is 15.2 Å². The maximum atomic E-state index is 4.18. The highest BCUT2D eigenvalue weighted by molar-refractivity contribution is 14.0. The molecule has 0 saturated carbocycles. The van der Waals surface area contributed by atoms with Crippen molar-refractivity contribution in [3.05, 3.63) is 34.0 Å². The van der Waals surface area contributed by atoms with E-state index in [-0.39, 0.29) is 24.0 Å². The molecule has 0 atom stereocenters. The molecule has 0 spiro atoms. The average Bonchev–Trinajstić information content (AvgIpc) is 2.99. The fraction of sp³-hybridized carbons (Fsp3) is 0.417. The molecule has 0 aliphatic carbocycles. The van der Waals surface area contributed by atoms with Crippen LogP contribution in [0.3, 0.4) is 0 Å². The number of hydrogen-bond donors (Lipinski definition) is 2. The van der Waals surface area contributed by atoms with Gasteiger partial charge in [-0.25, -0.2) is 0 Å². The first kappa shape index (κ1) is 16.9. The molecule has 2 aromatic heterocycles. The van der Waals surface area contributed by atoms with Gasteiger partial charge in [-0.3, -0.25) is 4.99 Å². The molecule has 0 aliphatic heterocycles. The molecule has 0 bridgehead atoms. The Kier molecular flexibility index (Phi) is 6.93. The number of hydrogen-bond acceptors (Lipinski definition) is 4. The molecule has 0 saturated heterocycles. The number of aromatic nitrogens is 3. The molecule has 0 radical (unpaired) electrons. The molecule has 20 heavy (non-hydrogen) atoms. The molecule has 2 N–H and O–H groups in total. The van der Waals surface area contributed by atoms with Crippen LogP contribution >= 0.6 is 35.3 Å². The first-order chi connectivity index (χ1) is 9.19. The van der Waals surface area contributed by atoms with Crippen molar-refractivity contribution in [2.45, 2.75) is 20.0 Å². The summed E-state index contributed by atoms with van der Waals surface area (Å²) >= 11 is 1.79. The van der Waals surface area contributed by atoms with E-state index in [0.29, 0.717) is 6.54 Å². The Labute approximate surface area is 139 Å². The monoisotopic (exact) mass is 406 g/mol. The van der Waals surface area contributed by atoms with E-state index in [2.05, 4.69) is 44.9 Å². The predicted octanol–water partition coefficient (Wildman–Crippen LogP) is 1.67. The van der Waals surface area contributed by atoms with Crippen LogP contribution in [0.1, 0.15) is 15.6 Å². The van der Waals surface area contributed by atoms with Gasteiger partial charge in [0, 0.05) is 23.8 Å². The van der Waals surface area contributed by atoms with Gasteiger partial charge >= 0.3 is 0 Å². The summed E-state index contributed by atoms with van der Waals surface area (Å²) in [5.74, 6) is 1.63. The highest BCUT2D eigenvalue weighted by atomic mass is 127. The van der Waals surface area contributed by atoms with Crippen LogP contribution in [0.4, 0.5) is 0 Å². The number of guanidine groups is 1. The zero-order valence-electron chi connectivity index (χ0n) is 11.8. The number of halogens is 1. The summed E-state index contributed by atoms with van der Waals surface area (Å²) in [4.78, 5) is 6.79. The van der Waals surface area contributed by atoms with E-state index in [1.54, 1.807) is 24.7 Å². The van der Waals surface area contributed by atoms with Crippen LogP contribution in [0.25, 0.3) is 0 Å². The highest BCUT2D eigenvalue weighted by Crippen LogP contribution is 2.14. The summed E-state index contributed by atoms with van der Waals surface area (Å²) in [7, 11) is 3.67. The molecule has 0 aliphatic rings. The molecule has 8 heteroatoms. The third kappa shape index (κ3) is 4.75. The van der Waals surface area contributed by atoms with Gasteiger partial charge in [0.2, 0.25) is 0 Å². The summed E-state index contributed by atoms with van der Waals surface area (Å²) in [6.07, 6.45) is 1.68. The maximum absolute atomic E-state index is 4.18. The summed E-state index contributed by atoms with van der Waals surface area (Å²) < 4.78 is 1.88. The Bertz CT molecular complexity index is 562. The van der Waals surface area contributed by atoms with Gasteiger partial charge in [0.05, 0.1) is 13.1 Å². The second-order valence-corrected chi connectivity index (χ2v) is 5.52. The Balaban J connectivity index is 0.00000200. The number of thiophene rings is 1. The molecule has 2 heterocycles. The van der Waals surface area contributed by atoms with E-state index in [1.807, 2.05) is 11.6 Å². The third-order valence-corrected chi connectivity index (χ3v) is 3.67. The number of rotatable bonds is 4. The van der Waals surface area contributed by atoms with Crippen LogP contribution in [0.5, 0.6) is 0 Å². The van der Waals surface area contributed by atoms with E-state index in [4.69, 9.17) is 0 Å². The first-order valence-electron chi connectivity index (χ1n) is 6.01. The molecule has 0 aromatic carbocycles. The van der Waals surface area contributed by atoms with Crippen LogP contribution in [0, 0.1) is 6.92 Å². The Morgan fingerprint density at radius 3 is 2.65 bits per heavy atom. The zero-order chi connectivity index (χ0) is 13.7. The second-order valence-electron chi connectivity index (χ2n) is 4.15. The van der Waals surface area contributed by atoms with Crippen molar-refractivity contribution in [2.75, 3.05) is 7.05 Å². The number of nitrogens with zero attached hydrogens (tertiary/aromatic N) is 4. The topological polar surface area (TPSA) is 67.1 Å². The van der Waals surface area contributed by atoms with E-state index in [9.17, 15) is 0 Å². The third-order valence-electron chi connectivity index (χ3n) is 2.67. The first-order valence-corrected chi connectivity index (χ1v) is 6.83. The van der Waals surface area contributed by atoms with Gasteiger partial charge in [-0.15, -0.1) is 45.5 Å². The standard InChI is InChI=1S/C12H18N6S.HI/c1-9-4-5-10(19-9)6-14-12(13-2)15-7-11-17-16-8-18(11)3;/h4-5,8H,6-7H2,1-3H3,(H2,13,14,15);1H. The summed E-state index contributed by atoms with van der Waals surface area (Å²) in [6, 6.07) is 4.25. The van der Waals surface area contributed by atoms with Crippen LogP contribution in [0.2, 0.25) is 0 Å². The molecule has 0 amide bonds. The number of aliphatic imine (C=N–C) groups is 1. The quantitative estimate of drug-likeness (QED) is 0.461. The zero-order valence-corrected chi connectivity index (χ0v) is 14.9. The SMILES string of the molecule is CN=C(NCc1ccc(C)s1)NCc1nncn1C.I. The van der Waals surface area contributed by atoms with Crippen molar-refractivity contribution >= 4 is 41.3 Å². The normalized spacial score (nSPS) is 11.1.